The Balaban J connectivity index is 1.65. The number of nitrogens with zero attached hydrogens (tertiary/aromatic N) is 1. The molecule has 35 heavy (non-hydrogen) atoms. The van der Waals surface area contributed by atoms with E-state index in [1.807, 2.05) is 41.3 Å². The van der Waals surface area contributed by atoms with E-state index >= 15 is 0 Å². The van der Waals surface area contributed by atoms with E-state index in [0.717, 1.165) is 42.6 Å². The fraction of sp³-hybridized carbons (Fsp3) is 0.464. The van der Waals surface area contributed by atoms with Gasteiger partial charge in [-0.15, -0.1) is 0 Å². The highest BCUT2D eigenvalue weighted by atomic mass is 16.5. The SMILES string of the molecule is COc1ccc([C@H]2[C@@H]3CCCC[C@]3(O)CCN2C(=O)C=Cc2cc(OC)c(OC)c(OC)c2)cc1. The molecule has 1 saturated heterocycles. The number of hydrogen-bond donors (Lipinski definition) is 1. The number of piperidine rings is 1. The third-order valence-electron chi connectivity index (χ3n) is 7.41. The third-order valence-corrected chi connectivity index (χ3v) is 7.41. The lowest BCUT2D eigenvalue weighted by Crippen LogP contribution is -2.56. The Morgan fingerprint density at radius 3 is 2.26 bits per heavy atom. The molecule has 1 heterocycles. The van der Waals surface area contributed by atoms with E-state index in [1.54, 1.807) is 40.6 Å². The monoisotopic (exact) mass is 481 g/mol. The van der Waals surface area contributed by atoms with Crippen molar-refractivity contribution in [1.29, 1.82) is 0 Å². The van der Waals surface area contributed by atoms with Crippen LogP contribution >= 0.6 is 0 Å². The summed E-state index contributed by atoms with van der Waals surface area (Å²) in [6.07, 6.45) is 7.71. The summed E-state index contributed by atoms with van der Waals surface area (Å²) in [5, 5.41) is 11.5. The molecule has 1 N–H and O–H groups in total. The van der Waals surface area contributed by atoms with Gasteiger partial charge in [-0.2, -0.15) is 0 Å². The summed E-state index contributed by atoms with van der Waals surface area (Å²) < 4.78 is 21.6. The predicted molar refractivity (Wildman–Crippen MR) is 134 cm³/mol. The van der Waals surface area contributed by atoms with Crippen molar-refractivity contribution in [2.45, 2.75) is 43.7 Å². The van der Waals surface area contributed by atoms with Gasteiger partial charge in [-0.25, -0.2) is 0 Å². The Kier molecular flexibility index (Phi) is 7.55. The molecule has 2 fully saturated rings. The molecule has 0 spiro atoms. The van der Waals surface area contributed by atoms with E-state index in [-0.39, 0.29) is 17.9 Å². The van der Waals surface area contributed by atoms with Crippen LogP contribution in [0.15, 0.2) is 42.5 Å². The molecule has 1 amide bonds. The molecule has 7 heteroatoms. The van der Waals surface area contributed by atoms with Gasteiger partial charge in [0.1, 0.15) is 5.75 Å². The van der Waals surface area contributed by atoms with Crippen LogP contribution in [-0.2, 0) is 4.79 Å². The zero-order chi connectivity index (χ0) is 25.0. The highest BCUT2D eigenvalue weighted by molar-refractivity contribution is 5.92. The zero-order valence-corrected chi connectivity index (χ0v) is 21.0. The van der Waals surface area contributed by atoms with Gasteiger partial charge in [0, 0.05) is 18.5 Å². The van der Waals surface area contributed by atoms with Crippen LogP contribution in [0.4, 0.5) is 0 Å². The molecule has 7 nitrogen and oxygen atoms in total. The third kappa shape index (κ3) is 4.96. The van der Waals surface area contributed by atoms with Crippen LogP contribution in [0.3, 0.4) is 0 Å². The molecule has 1 saturated carbocycles. The summed E-state index contributed by atoms with van der Waals surface area (Å²) in [5.41, 5.74) is 1.05. The second-order valence-electron chi connectivity index (χ2n) is 9.25. The van der Waals surface area contributed by atoms with Gasteiger partial charge in [-0.3, -0.25) is 4.79 Å². The number of amides is 1. The van der Waals surface area contributed by atoms with Crippen molar-refractivity contribution in [3.8, 4) is 23.0 Å². The molecule has 2 aromatic rings. The number of rotatable bonds is 7. The molecule has 1 aliphatic carbocycles. The lowest BCUT2D eigenvalue weighted by atomic mass is 9.66. The molecular formula is C28H35NO6. The van der Waals surface area contributed by atoms with Crippen molar-refractivity contribution in [2.24, 2.45) is 5.92 Å². The molecule has 1 aliphatic heterocycles. The maximum atomic E-state index is 13.5. The van der Waals surface area contributed by atoms with Crippen LogP contribution in [0.25, 0.3) is 6.08 Å². The number of fused-ring (bicyclic) bond motifs is 1. The molecule has 0 radical (unpaired) electrons. The first kappa shape index (κ1) is 24.9. The van der Waals surface area contributed by atoms with E-state index in [1.165, 1.54) is 0 Å². The quantitative estimate of drug-likeness (QED) is 0.581. The summed E-state index contributed by atoms with van der Waals surface area (Å²) in [6.45, 7) is 0.502. The van der Waals surface area contributed by atoms with Crippen LogP contribution in [0.5, 0.6) is 23.0 Å². The maximum absolute atomic E-state index is 13.5. The minimum Gasteiger partial charge on any atom is -0.497 e. The molecule has 0 aromatic heterocycles. The topological polar surface area (TPSA) is 77.5 Å². The van der Waals surface area contributed by atoms with Gasteiger partial charge in [0.25, 0.3) is 0 Å². The van der Waals surface area contributed by atoms with E-state index in [4.69, 9.17) is 18.9 Å². The molecule has 2 aliphatic rings. The Morgan fingerprint density at radius 2 is 1.66 bits per heavy atom. The lowest BCUT2D eigenvalue weighted by molar-refractivity contribution is -0.150. The Bertz CT molecular complexity index is 1040. The van der Waals surface area contributed by atoms with Gasteiger partial charge >= 0.3 is 0 Å². The number of carbonyl (C=O) groups is 1. The van der Waals surface area contributed by atoms with Crippen LogP contribution in [0, 0.1) is 5.92 Å². The highest BCUT2D eigenvalue weighted by Gasteiger charge is 2.49. The van der Waals surface area contributed by atoms with Gasteiger partial charge in [-0.1, -0.05) is 25.0 Å². The number of likely N-dealkylation sites (tertiary alicyclic amines) is 1. The summed E-state index contributed by atoms with van der Waals surface area (Å²) in [7, 11) is 6.32. The van der Waals surface area contributed by atoms with Gasteiger partial charge in [0.15, 0.2) is 11.5 Å². The van der Waals surface area contributed by atoms with Crippen LogP contribution in [-0.4, -0.2) is 56.5 Å². The van der Waals surface area contributed by atoms with Crippen LogP contribution in [0.1, 0.15) is 49.3 Å². The Hall–Kier alpha value is -3.19. The maximum Gasteiger partial charge on any atom is 0.247 e. The minimum absolute atomic E-state index is 0.00285. The van der Waals surface area contributed by atoms with E-state index in [9.17, 15) is 9.90 Å². The molecule has 0 bridgehead atoms. The number of carbonyl (C=O) groups excluding carboxylic acids is 1. The lowest BCUT2D eigenvalue weighted by Gasteiger charge is -2.52. The minimum atomic E-state index is -0.736. The van der Waals surface area contributed by atoms with Gasteiger partial charge in [0.2, 0.25) is 11.7 Å². The summed E-state index contributed by atoms with van der Waals surface area (Å²) in [4.78, 5) is 15.4. The van der Waals surface area contributed by atoms with Crippen molar-refractivity contribution in [1.82, 2.24) is 4.90 Å². The number of ether oxygens (including phenoxy) is 4. The smallest absolute Gasteiger partial charge is 0.247 e. The summed E-state index contributed by atoms with van der Waals surface area (Å²) >= 11 is 0. The second kappa shape index (κ2) is 10.6. The number of aliphatic hydroxyl groups is 1. The number of hydrogen-bond acceptors (Lipinski definition) is 6. The molecule has 0 unspecified atom stereocenters. The largest absolute Gasteiger partial charge is 0.497 e. The first-order valence-electron chi connectivity index (χ1n) is 12.1. The summed E-state index contributed by atoms with van der Waals surface area (Å²) in [5.74, 6) is 2.24. The van der Waals surface area contributed by atoms with Gasteiger partial charge in [0.05, 0.1) is 40.1 Å². The zero-order valence-electron chi connectivity index (χ0n) is 21.0. The molecule has 4 rings (SSSR count). The van der Waals surface area contributed by atoms with Crippen molar-refractivity contribution < 1.29 is 28.8 Å². The number of methoxy groups -OCH3 is 4. The van der Waals surface area contributed by atoms with Crippen LogP contribution in [0.2, 0.25) is 0 Å². The Labute approximate surface area is 207 Å². The molecule has 2 aromatic carbocycles. The average molecular weight is 482 g/mol. The average Bonchev–Trinajstić information content (AvgIpc) is 2.90. The highest BCUT2D eigenvalue weighted by Crippen LogP contribution is 2.49. The van der Waals surface area contributed by atoms with Gasteiger partial charge in [-0.05, 0) is 60.7 Å². The van der Waals surface area contributed by atoms with Crippen molar-refractivity contribution >= 4 is 12.0 Å². The predicted octanol–water partition coefficient (Wildman–Crippen LogP) is 4.63. The number of benzene rings is 2. The van der Waals surface area contributed by atoms with E-state index in [2.05, 4.69) is 0 Å². The molecular weight excluding hydrogens is 446 g/mol. The second-order valence-corrected chi connectivity index (χ2v) is 9.25. The normalized spacial score (nSPS) is 24.1. The fourth-order valence-corrected chi connectivity index (χ4v) is 5.60. The summed E-state index contributed by atoms with van der Waals surface area (Å²) in [6, 6.07) is 11.3. The van der Waals surface area contributed by atoms with E-state index < -0.39 is 5.60 Å². The first-order chi connectivity index (χ1) is 16.9. The van der Waals surface area contributed by atoms with Crippen molar-refractivity contribution in [3.63, 3.8) is 0 Å². The first-order valence-corrected chi connectivity index (χ1v) is 12.1. The molecule has 3 atom stereocenters. The van der Waals surface area contributed by atoms with Crippen molar-refractivity contribution in [2.75, 3.05) is 35.0 Å². The van der Waals surface area contributed by atoms with Gasteiger partial charge < -0.3 is 29.0 Å². The van der Waals surface area contributed by atoms with Crippen LogP contribution < -0.4 is 18.9 Å². The standard InChI is InChI=1S/C28H35NO6/c1-32-21-11-9-20(10-12-21)26-22-7-5-6-14-28(22,31)15-16-29(26)25(30)13-8-19-17-23(33-2)27(35-4)24(18-19)34-3/h8-13,17-18,22,26,31H,5-7,14-16H2,1-4H3/t22-,26-,28-/m0/s1. The molecule has 188 valence electrons. The van der Waals surface area contributed by atoms with E-state index in [0.29, 0.717) is 30.2 Å². The fourth-order valence-electron chi connectivity index (χ4n) is 5.60. The van der Waals surface area contributed by atoms with Crippen molar-refractivity contribution in [3.05, 3.63) is 53.6 Å². The Morgan fingerprint density at radius 1 is 0.971 bits per heavy atom.